The number of aryl methyl sites for hydroxylation is 1. The van der Waals surface area contributed by atoms with Crippen molar-refractivity contribution in [3.63, 3.8) is 0 Å². The number of hydrogen-bond donors (Lipinski definition) is 2. The highest BCUT2D eigenvalue weighted by Gasteiger charge is 2.22. The molecule has 0 radical (unpaired) electrons. The quantitative estimate of drug-likeness (QED) is 0.812. The van der Waals surface area contributed by atoms with Gasteiger partial charge in [0.05, 0.1) is 24.4 Å². The molecule has 2 amide bonds. The standard InChI is InChI=1S/C18H22N2O4/c1-13-15(9-11-24-13)18(23)19-12-17(22)20(2)16(8-10-21)14-6-4-3-5-7-14/h3-7,9,11,16,21H,8,10,12H2,1-2H3,(H,19,23). The van der Waals surface area contributed by atoms with E-state index in [1.807, 2.05) is 30.3 Å². The summed E-state index contributed by atoms with van der Waals surface area (Å²) >= 11 is 0. The lowest BCUT2D eigenvalue weighted by Crippen LogP contribution is -2.40. The predicted octanol–water partition coefficient (Wildman–Crippen LogP) is 1.90. The molecule has 0 spiro atoms. The summed E-state index contributed by atoms with van der Waals surface area (Å²) in [5.41, 5.74) is 1.36. The Balaban J connectivity index is 1.99. The molecule has 0 saturated carbocycles. The summed E-state index contributed by atoms with van der Waals surface area (Å²) in [4.78, 5) is 26.0. The minimum atomic E-state index is -0.346. The van der Waals surface area contributed by atoms with Crippen LogP contribution >= 0.6 is 0 Å². The molecule has 0 aliphatic heterocycles. The fourth-order valence-corrected chi connectivity index (χ4v) is 2.55. The molecule has 0 saturated heterocycles. The van der Waals surface area contributed by atoms with E-state index in [-0.39, 0.29) is 31.0 Å². The van der Waals surface area contributed by atoms with Crippen molar-refractivity contribution >= 4 is 11.8 Å². The van der Waals surface area contributed by atoms with Gasteiger partial charge in [-0.15, -0.1) is 0 Å². The van der Waals surface area contributed by atoms with E-state index in [2.05, 4.69) is 5.32 Å². The van der Waals surface area contributed by atoms with Crippen molar-refractivity contribution in [3.8, 4) is 0 Å². The lowest BCUT2D eigenvalue weighted by Gasteiger charge is -2.28. The second kappa shape index (κ2) is 8.31. The molecule has 128 valence electrons. The second-order valence-electron chi connectivity index (χ2n) is 5.52. The smallest absolute Gasteiger partial charge is 0.255 e. The van der Waals surface area contributed by atoms with E-state index in [9.17, 15) is 14.7 Å². The molecule has 2 N–H and O–H groups in total. The van der Waals surface area contributed by atoms with Crippen LogP contribution in [0.15, 0.2) is 47.1 Å². The number of furan rings is 1. The zero-order chi connectivity index (χ0) is 17.5. The van der Waals surface area contributed by atoms with Gasteiger partial charge >= 0.3 is 0 Å². The molecule has 24 heavy (non-hydrogen) atoms. The molecule has 0 fully saturated rings. The normalized spacial score (nSPS) is 11.8. The molecule has 1 aromatic heterocycles. The van der Waals surface area contributed by atoms with Gasteiger partial charge in [0, 0.05) is 13.7 Å². The number of aliphatic hydroxyl groups excluding tert-OH is 1. The monoisotopic (exact) mass is 330 g/mol. The molecule has 2 aromatic rings. The van der Waals surface area contributed by atoms with Crippen molar-refractivity contribution in [1.29, 1.82) is 0 Å². The molecule has 1 aromatic carbocycles. The van der Waals surface area contributed by atoms with Gasteiger partial charge in [-0.05, 0) is 25.0 Å². The third kappa shape index (κ3) is 4.23. The van der Waals surface area contributed by atoms with Crippen LogP contribution < -0.4 is 5.32 Å². The Morgan fingerprint density at radius 3 is 2.54 bits per heavy atom. The van der Waals surface area contributed by atoms with Gasteiger partial charge in [0.1, 0.15) is 5.76 Å². The van der Waals surface area contributed by atoms with Crippen LogP contribution in [0, 0.1) is 6.92 Å². The number of nitrogens with zero attached hydrogens (tertiary/aromatic N) is 1. The Hall–Kier alpha value is -2.60. The Kier molecular flexibility index (Phi) is 6.14. The van der Waals surface area contributed by atoms with Crippen LogP contribution in [0.1, 0.15) is 34.1 Å². The van der Waals surface area contributed by atoms with E-state index in [0.29, 0.717) is 17.7 Å². The number of nitrogens with one attached hydrogen (secondary N) is 1. The van der Waals surface area contributed by atoms with E-state index in [4.69, 9.17) is 4.42 Å². The zero-order valence-electron chi connectivity index (χ0n) is 13.9. The van der Waals surface area contributed by atoms with Gasteiger partial charge in [0.2, 0.25) is 5.91 Å². The van der Waals surface area contributed by atoms with Gasteiger partial charge in [0.25, 0.3) is 5.91 Å². The van der Waals surface area contributed by atoms with E-state index in [1.54, 1.807) is 24.9 Å². The highest BCUT2D eigenvalue weighted by atomic mass is 16.3. The van der Waals surface area contributed by atoms with E-state index < -0.39 is 0 Å². The van der Waals surface area contributed by atoms with Crippen molar-refractivity contribution < 1.29 is 19.1 Å². The summed E-state index contributed by atoms with van der Waals surface area (Å²) < 4.78 is 5.08. The van der Waals surface area contributed by atoms with Gasteiger partial charge in [-0.1, -0.05) is 30.3 Å². The molecule has 6 heteroatoms. The lowest BCUT2D eigenvalue weighted by atomic mass is 10.0. The van der Waals surface area contributed by atoms with E-state index >= 15 is 0 Å². The molecule has 0 bridgehead atoms. The largest absolute Gasteiger partial charge is 0.469 e. The number of benzene rings is 1. The van der Waals surface area contributed by atoms with Crippen molar-refractivity contribution in [2.75, 3.05) is 20.2 Å². The van der Waals surface area contributed by atoms with Gasteiger partial charge < -0.3 is 19.7 Å². The SMILES string of the molecule is Cc1occc1C(=O)NCC(=O)N(C)C(CCO)c1ccccc1. The Bertz CT molecular complexity index is 681. The Morgan fingerprint density at radius 1 is 1.25 bits per heavy atom. The van der Waals surface area contributed by atoms with E-state index in [1.165, 1.54) is 6.26 Å². The van der Waals surface area contributed by atoms with Crippen LogP contribution in [-0.4, -0.2) is 42.0 Å². The number of likely N-dealkylation sites (N-methyl/N-ethyl adjacent to an activating group) is 1. The van der Waals surface area contributed by atoms with Crippen LogP contribution in [0.5, 0.6) is 0 Å². The minimum absolute atomic E-state index is 0.0300. The van der Waals surface area contributed by atoms with Crippen molar-refractivity contribution in [2.24, 2.45) is 0 Å². The lowest BCUT2D eigenvalue weighted by molar-refractivity contribution is -0.131. The molecule has 6 nitrogen and oxygen atoms in total. The molecule has 0 aliphatic carbocycles. The summed E-state index contributed by atoms with van der Waals surface area (Å²) in [7, 11) is 1.67. The Labute approximate surface area is 141 Å². The third-order valence-corrected chi connectivity index (χ3v) is 3.95. The summed E-state index contributed by atoms with van der Waals surface area (Å²) in [5, 5.41) is 11.9. The second-order valence-corrected chi connectivity index (χ2v) is 5.52. The first-order valence-corrected chi connectivity index (χ1v) is 7.78. The number of carbonyl (C=O) groups excluding carboxylic acids is 2. The summed E-state index contributed by atoms with van der Waals surface area (Å²) in [6.07, 6.45) is 1.87. The van der Waals surface area contributed by atoms with E-state index in [0.717, 1.165) is 5.56 Å². The fourth-order valence-electron chi connectivity index (χ4n) is 2.55. The average Bonchev–Trinajstić information content (AvgIpc) is 3.03. The average molecular weight is 330 g/mol. The first-order valence-electron chi connectivity index (χ1n) is 7.78. The Morgan fingerprint density at radius 2 is 1.96 bits per heavy atom. The molecule has 1 unspecified atom stereocenters. The van der Waals surface area contributed by atoms with Crippen LogP contribution in [0.3, 0.4) is 0 Å². The van der Waals surface area contributed by atoms with Crippen molar-refractivity contribution in [2.45, 2.75) is 19.4 Å². The first kappa shape index (κ1) is 17.7. The molecular formula is C18H22N2O4. The van der Waals surface area contributed by atoms with Gasteiger partial charge in [-0.2, -0.15) is 0 Å². The number of amides is 2. The first-order chi connectivity index (χ1) is 11.5. The molecule has 0 aliphatic rings. The summed E-state index contributed by atoms with van der Waals surface area (Å²) in [6.45, 7) is 1.54. The van der Waals surface area contributed by atoms with Crippen molar-refractivity contribution in [3.05, 3.63) is 59.5 Å². The summed E-state index contributed by atoms with van der Waals surface area (Å²) in [5.74, 6) is -0.0658. The number of aliphatic hydroxyl groups is 1. The molecule has 2 rings (SSSR count). The molecule has 1 atom stereocenters. The maximum Gasteiger partial charge on any atom is 0.255 e. The van der Waals surface area contributed by atoms with Crippen LogP contribution in [-0.2, 0) is 4.79 Å². The predicted molar refractivity (Wildman–Crippen MR) is 89.4 cm³/mol. The van der Waals surface area contributed by atoms with Crippen LogP contribution in [0.2, 0.25) is 0 Å². The van der Waals surface area contributed by atoms with Gasteiger partial charge in [0.15, 0.2) is 0 Å². The number of carbonyl (C=O) groups is 2. The van der Waals surface area contributed by atoms with Crippen LogP contribution in [0.4, 0.5) is 0 Å². The van der Waals surface area contributed by atoms with Crippen LogP contribution in [0.25, 0.3) is 0 Å². The topological polar surface area (TPSA) is 82.8 Å². The van der Waals surface area contributed by atoms with Gasteiger partial charge in [-0.25, -0.2) is 0 Å². The highest BCUT2D eigenvalue weighted by Crippen LogP contribution is 2.22. The maximum absolute atomic E-state index is 12.4. The molecule has 1 heterocycles. The van der Waals surface area contributed by atoms with Gasteiger partial charge in [-0.3, -0.25) is 9.59 Å². The number of rotatable bonds is 7. The maximum atomic E-state index is 12.4. The highest BCUT2D eigenvalue weighted by molar-refractivity contribution is 5.97. The zero-order valence-corrected chi connectivity index (χ0v) is 13.9. The fraction of sp³-hybridized carbons (Fsp3) is 0.333. The number of hydrogen-bond acceptors (Lipinski definition) is 4. The van der Waals surface area contributed by atoms with Crippen molar-refractivity contribution in [1.82, 2.24) is 10.2 Å². The summed E-state index contributed by atoms with van der Waals surface area (Å²) in [6, 6.07) is 10.8. The third-order valence-electron chi connectivity index (χ3n) is 3.95. The molecular weight excluding hydrogens is 308 g/mol. The minimum Gasteiger partial charge on any atom is -0.469 e.